The van der Waals surface area contributed by atoms with E-state index in [4.69, 9.17) is 39.5 Å². The Balaban J connectivity index is 2.52. The van der Waals surface area contributed by atoms with E-state index in [-0.39, 0.29) is 5.02 Å². The van der Waals surface area contributed by atoms with Crippen molar-refractivity contribution >= 4 is 50.7 Å². The molecule has 0 saturated carbocycles. The second kappa shape index (κ2) is 6.52. The molecule has 0 aliphatic heterocycles. The number of alkyl halides is 1. The van der Waals surface area contributed by atoms with Gasteiger partial charge in [-0.05, 0) is 45.8 Å². The zero-order valence-electron chi connectivity index (χ0n) is 10.3. The van der Waals surface area contributed by atoms with Crippen molar-refractivity contribution in [2.24, 2.45) is 0 Å². The third kappa shape index (κ3) is 3.22. The van der Waals surface area contributed by atoms with Crippen LogP contribution in [0.1, 0.15) is 16.5 Å². The molecule has 2 rings (SSSR count). The summed E-state index contributed by atoms with van der Waals surface area (Å²) in [4.78, 5) is 0. The van der Waals surface area contributed by atoms with E-state index in [0.717, 1.165) is 0 Å². The molecule has 0 radical (unpaired) electrons. The maximum atomic E-state index is 13.2. The fourth-order valence-corrected chi connectivity index (χ4v) is 3.32. The summed E-state index contributed by atoms with van der Waals surface area (Å²) in [6, 6.07) is 7.76. The molecule has 0 aromatic heterocycles. The molecule has 0 N–H and O–H groups in total. The van der Waals surface area contributed by atoms with Gasteiger partial charge >= 0.3 is 0 Å². The van der Waals surface area contributed by atoms with Crippen LogP contribution >= 0.6 is 50.7 Å². The minimum atomic E-state index is -0.557. The Morgan fingerprint density at radius 3 is 2.50 bits per heavy atom. The van der Waals surface area contributed by atoms with E-state index in [9.17, 15) is 4.39 Å². The molecule has 1 unspecified atom stereocenters. The van der Waals surface area contributed by atoms with Crippen LogP contribution in [0.4, 0.5) is 4.39 Å². The summed E-state index contributed by atoms with van der Waals surface area (Å²) in [6.07, 6.45) is 0. The third-order valence-electron chi connectivity index (χ3n) is 2.75. The van der Waals surface area contributed by atoms with Crippen molar-refractivity contribution in [1.29, 1.82) is 0 Å². The highest BCUT2D eigenvalue weighted by atomic mass is 79.9. The summed E-state index contributed by atoms with van der Waals surface area (Å²) in [7, 11) is 1.54. The van der Waals surface area contributed by atoms with Gasteiger partial charge in [-0.3, -0.25) is 0 Å². The van der Waals surface area contributed by atoms with Crippen molar-refractivity contribution in [3.05, 3.63) is 61.8 Å². The zero-order valence-corrected chi connectivity index (χ0v) is 14.1. The van der Waals surface area contributed by atoms with Crippen LogP contribution in [-0.4, -0.2) is 7.11 Å². The highest BCUT2D eigenvalue weighted by molar-refractivity contribution is 9.10. The van der Waals surface area contributed by atoms with Crippen molar-refractivity contribution < 1.29 is 9.13 Å². The van der Waals surface area contributed by atoms with Gasteiger partial charge in [0.05, 0.1) is 22.0 Å². The lowest BCUT2D eigenvalue weighted by Gasteiger charge is -2.16. The molecule has 0 heterocycles. The molecule has 0 aliphatic carbocycles. The fourth-order valence-electron chi connectivity index (χ4n) is 1.83. The average Bonchev–Trinajstić information content (AvgIpc) is 2.40. The molecule has 1 atom stereocenters. The molecular formula is C14H9BrCl3FO. The van der Waals surface area contributed by atoms with Crippen LogP contribution in [0.5, 0.6) is 5.75 Å². The lowest BCUT2D eigenvalue weighted by Crippen LogP contribution is -1.99. The third-order valence-corrected chi connectivity index (χ3v) is 4.33. The Kier molecular flexibility index (Phi) is 5.19. The number of hydrogen-bond acceptors (Lipinski definition) is 1. The van der Waals surface area contributed by atoms with E-state index in [1.807, 2.05) is 0 Å². The highest BCUT2D eigenvalue weighted by Crippen LogP contribution is 2.41. The summed E-state index contributed by atoms with van der Waals surface area (Å²) < 4.78 is 19.2. The molecule has 2 aromatic carbocycles. The van der Waals surface area contributed by atoms with Crippen molar-refractivity contribution in [2.75, 3.05) is 7.11 Å². The van der Waals surface area contributed by atoms with Gasteiger partial charge in [-0.25, -0.2) is 4.39 Å². The topological polar surface area (TPSA) is 9.23 Å². The molecule has 1 nitrogen and oxygen atoms in total. The van der Waals surface area contributed by atoms with E-state index in [0.29, 0.717) is 26.4 Å². The molecule has 0 aliphatic rings. The first-order chi connectivity index (χ1) is 9.43. The SMILES string of the molecule is COc1c(Br)cc(Cl)cc1C(Cl)c1ccc(F)c(Cl)c1. The maximum Gasteiger partial charge on any atom is 0.141 e. The van der Waals surface area contributed by atoms with Crippen LogP contribution in [0.25, 0.3) is 0 Å². The Hall–Kier alpha value is -0.480. The number of rotatable bonds is 3. The summed E-state index contributed by atoms with van der Waals surface area (Å²) >= 11 is 21.6. The summed E-state index contributed by atoms with van der Waals surface area (Å²) in [5, 5.41) is -0.0159. The molecule has 6 heteroatoms. The smallest absolute Gasteiger partial charge is 0.141 e. The predicted molar refractivity (Wildman–Crippen MR) is 84.8 cm³/mol. The predicted octanol–water partition coefficient (Wildman–Crippen LogP) is 6.23. The molecule has 20 heavy (non-hydrogen) atoms. The van der Waals surface area contributed by atoms with Gasteiger partial charge in [0.25, 0.3) is 0 Å². The van der Waals surface area contributed by atoms with Gasteiger partial charge in [-0.15, -0.1) is 11.6 Å². The number of halogens is 5. The van der Waals surface area contributed by atoms with E-state index in [1.165, 1.54) is 12.1 Å². The Labute approximate surface area is 139 Å². The van der Waals surface area contributed by atoms with Crippen molar-refractivity contribution in [3.63, 3.8) is 0 Å². The van der Waals surface area contributed by atoms with Gasteiger partial charge < -0.3 is 4.74 Å². The zero-order chi connectivity index (χ0) is 14.9. The van der Waals surface area contributed by atoms with E-state index in [2.05, 4.69) is 15.9 Å². The Morgan fingerprint density at radius 2 is 1.90 bits per heavy atom. The first-order valence-corrected chi connectivity index (χ1v) is 7.54. The largest absolute Gasteiger partial charge is 0.495 e. The summed E-state index contributed by atoms with van der Waals surface area (Å²) in [5.74, 6) is 0.0911. The number of benzene rings is 2. The minimum Gasteiger partial charge on any atom is -0.495 e. The molecule has 0 amide bonds. The molecule has 0 bridgehead atoms. The van der Waals surface area contributed by atoms with Gasteiger partial charge in [0.2, 0.25) is 0 Å². The average molecular weight is 398 g/mol. The minimum absolute atomic E-state index is 0.0215. The van der Waals surface area contributed by atoms with E-state index >= 15 is 0 Å². The molecule has 2 aromatic rings. The van der Waals surface area contributed by atoms with Crippen LogP contribution < -0.4 is 4.74 Å². The first-order valence-electron chi connectivity index (χ1n) is 5.56. The van der Waals surface area contributed by atoms with Gasteiger partial charge in [-0.2, -0.15) is 0 Å². The number of methoxy groups -OCH3 is 1. The maximum absolute atomic E-state index is 13.2. The van der Waals surface area contributed by atoms with Gasteiger partial charge in [0.1, 0.15) is 11.6 Å². The lowest BCUT2D eigenvalue weighted by atomic mass is 10.0. The summed E-state index contributed by atoms with van der Waals surface area (Å²) in [5.41, 5.74) is 1.33. The van der Waals surface area contributed by atoms with Gasteiger partial charge in [0.15, 0.2) is 0 Å². The standard InChI is InChI=1S/C14H9BrCl3FO/c1-20-14-9(5-8(16)6-10(14)15)13(18)7-2-3-12(19)11(17)4-7/h2-6,13H,1H3. The van der Waals surface area contributed by atoms with E-state index in [1.54, 1.807) is 25.3 Å². The number of ether oxygens (including phenoxy) is 1. The van der Waals surface area contributed by atoms with Crippen LogP contribution in [-0.2, 0) is 0 Å². The van der Waals surface area contributed by atoms with Crippen LogP contribution in [0.3, 0.4) is 0 Å². The molecular weight excluding hydrogens is 389 g/mol. The van der Waals surface area contributed by atoms with Crippen molar-refractivity contribution in [1.82, 2.24) is 0 Å². The molecule has 106 valence electrons. The molecule has 0 fully saturated rings. The molecule has 0 spiro atoms. The summed E-state index contributed by atoms with van der Waals surface area (Å²) in [6.45, 7) is 0. The van der Waals surface area contributed by atoms with Crippen LogP contribution in [0.15, 0.2) is 34.8 Å². The van der Waals surface area contributed by atoms with Crippen LogP contribution in [0.2, 0.25) is 10.0 Å². The van der Waals surface area contributed by atoms with Gasteiger partial charge in [0, 0.05) is 10.6 Å². The Morgan fingerprint density at radius 1 is 1.20 bits per heavy atom. The van der Waals surface area contributed by atoms with Crippen LogP contribution in [0, 0.1) is 5.82 Å². The molecule has 0 saturated heterocycles. The van der Waals surface area contributed by atoms with Crippen molar-refractivity contribution in [2.45, 2.75) is 5.38 Å². The quantitative estimate of drug-likeness (QED) is 0.557. The first kappa shape index (κ1) is 15.9. The second-order valence-corrected chi connectivity index (χ2v) is 6.18. The van der Waals surface area contributed by atoms with Crippen molar-refractivity contribution in [3.8, 4) is 5.75 Å². The number of hydrogen-bond donors (Lipinski definition) is 0. The lowest BCUT2D eigenvalue weighted by molar-refractivity contribution is 0.407. The normalized spacial score (nSPS) is 12.3. The fraction of sp³-hybridized carbons (Fsp3) is 0.143. The van der Waals surface area contributed by atoms with E-state index < -0.39 is 11.2 Å². The van der Waals surface area contributed by atoms with Gasteiger partial charge in [-0.1, -0.05) is 29.3 Å². The Bertz CT molecular complexity index is 649. The monoisotopic (exact) mass is 396 g/mol. The highest BCUT2D eigenvalue weighted by Gasteiger charge is 2.19. The second-order valence-electron chi connectivity index (χ2n) is 4.05.